The quantitative estimate of drug-likeness (QED) is 0.634. The van der Waals surface area contributed by atoms with Crippen molar-refractivity contribution in [1.82, 2.24) is 0 Å². The number of aldehydes is 1. The maximum Gasteiger partial charge on any atom is 0.161 e. The molecular weight excluding hydrogens is 180 g/mol. The van der Waals surface area contributed by atoms with E-state index in [-0.39, 0.29) is 5.92 Å². The molecule has 1 atom stereocenters. The van der Waals surface area contributed by atoms with Crippen molar-refractivity contribution in [2.75, 3.05) is 13.2 Å². The van der Waals surface area contributed by atoms with Gasteiger partial charge in [0.25, 0.3) is 0 Å². The van der Waals surface area contributed by atoms with Gasteiger partial charge in [0, 0.05) is 0 Å². The molecular formula is C11H12O3. The van der Waals surface area contributed by atoms with Gasteiger partial charge in [-0.05, 0) is 24.6 Å². The minimum absolute atomic E-state index is 0.164. The monoisotopic (exact) mass is 192 g/mol. The molecule has 1 unspecified atom stereocenters. The highest BCUT2D eigenvalue weighted by Gasteiger charge is 2.17. The molecule has 0 spiro atoms. The molecule has 1 aliphatic heterocycles. The first-order chi connectivity index (χ1) is 6.79. The second-order valence-corrected chi connectivity index (χ2v) is 3.47. The normalized spacial score (nSPS) is 19.9. The van der Waals surface area contributed by atoms with Crippen molar-refractivity contribution < 1.29 is 14.3 Å². The number of hydrogen-bond donors (Lipinski definition) is 0. The maximum atomic E-state index is 10.6. The maximum absolute atomic E-state index is 10.6. The van der Waals surface area contributed by atoms with E-state index in [1.807, 2.05) is 25.1 Å². The lowest BCUT2D eigenvalue weighted by molar-refractivity contribution is -0.112. The average Bonchev–Trinajstić information content (AvgIpc) is 2.39. The molecule has 3 nitrogen and oxygen atoms in total. The highest BCUT2D eigenvalue weighted by atomic mass is 16.5. The summed E-state index contributed by atoms with van der Waals surface area (Å²) in [4.78, 5) is 10.6. The molecule has 0 bridgehead atoms. The third kappa shape index (κ3) is 1.71. The zero-order chi connectivity index (χ0) is 9.97. The van der Waals surface area contributed by atoms with E-state index in [0.29, 0.717) is 13.2 Å². The lowest BCUT2D eigenvalue weighted by Gasteiger charge is -2.06. The van der Waals surface area contributed by atoms with Crippen LogP contribution in [0.3, 0.4) is 0 Å². The number of carbonyl (C=O) groups excluding carboxylic acids is 1. The van der Waals surface area contributed by atoms with Crippen molar-refractivity contribution in [1.29, 1.82) is 0 Å². The molecule has 0 aliphatic carbocycles. The average molecular weight is 192 g/mol. The predicted molar refractivity (Wildman–Crippen MR) is 51.7 cm³/mol. The SMILES string of the molecule is Cc1ccc2c(c1)OCC(C=O)CO2. The first-order valence-electron chi connectivity index (χ1n) is 4.61. The first kappa shape index (κ1) is 9.06. The summed E-state index contributed by atoms with van der Waals surface area (Å²) >= 11 is 0. The van der Waals surface area contributed by atoms with Gasteiger partial charge in [-0.3, -0.25) is 0 Å². The number of carbonyl (C=O) groups is 1. The van der Waals surface area contributed by atoms with Crippen LogP contribution >= 0.6 is 0 Å². The molecule has 2 rings (SSSR count). The van der Waals surface area contributed by atoms with Gasteiger partial charge in [0.1, 0.15) is 19.5 Å². The van der Waals surface area contributed by atoms with E-state index in [4.69, 9.17) is 9.47 Å². The van der Waals surface area contributed by atoms with Gasteiger partial charge in [0.05, 0.1) is 5.92 Å². The predicted octanol–water partition coefficient (Wildman–Crippen LogP) is 1.58. The highest BCUT2D eigenvalue weighted by Crippen LogP contribution is 2.30. The molecule has 1 aliphatic rings. The highest BCUT2D eigenvalue weighted by molar-refractivity contribution is 5.55. The molecule has 3 heteroatoms. The van der Waals surface area contributed by atoms with E-state index in [0.717, 1.165) is 23.3 Å². The summed E-state index contributed by atoms with van der Waals surface area (Å²) in [5.74, 6) is 1.29. The van der Waals surface area contributed by atoms with Crippen molar-refractivity contribution in [2.24, 2.45) is 5.92 Å². The van der Waals surface area contributed by atoms with Crippen LogP contribution in [-0.4, -0.2) is 19.5 Å². The summed E-state index contributed by atoms with van der Waals surface area (Å²) in [5, 5.41) is 0. The molecule has 1 aromatic rings. The van der Waals surface area contributed by atoms with Crippen molar-refractivity contribution in [3.8, 4) is 11.5 Å². The fraction of sp³-hybridized carbons (Fsp3) is 0.364. The zero-order valence-electron chi connectivity index (χ0n) is 8.03. The van der Waals surface area contributed by atoms with Crippen LogP contribution in [0.2, 0.25) is 0 Å². The van der Waals surface area contributed by atoms with Crippen molar-refractivity contribution in [3.63, 3.8) is 0 Å². The standard InChI is InChI=1S/C11H12O3/c1-8-2-3-10-11(4-8)14-7-9(5-12)6-13-10/h2-5,9H,6-7H2,1H3. The Morgan fingerprint density at radius 2 is 2.00 bits per heavy atom. The van der Waals surface area contributed by atoms with Crippen LogP contribution < -0.4 is 9.47 Å². The largest absolute Gasteiger partial charge is 0.489 e. The molecule has 0 N–H and O–H groups in total. The minimum atomic E-state index is -0.164. The van der Waals surface area contributed by atoms with Crippen molar-refractivity contribution in [2.45, 2.75) is 6.92 Å². The first-order valence-corrected chi connectivity index (χ1v) is 4.61. The molecule has 1 aromatic carbocycles. The summed E-state index contributed by atoms with van der Waals surface area (Å²) in [7, 11) is 0. The van der Waals surface area contributed by atoms with Gasteiger partial charge < -0.3 is 14.3 Å². The van der Waals surface area contributed by atoms with Gasteiger partial charge in [-0.2, -0.15) is 0 Å². The summed E-state index contributed by atoms with van der Waals surface area (Å²) in [6.07, 6.45) is 0.874. The Morgan fingerprint density at radius 3 is 2.71 bits per heavy atom. The van der Waals surface area contributed by atoms with Crippen molar-refractivity contribution in [3.05, 3.63) is 23.8 Å². The molecule has 0 saturated carbocycles. The molecule has 0 amide bonds. The zero-order valence-corrected chi connectivity index (χ0v) is 8.03. The topological polar surface area (TPSA) is 35.5 Å². The van der Waals surface area contributed by atoms with E-state index in [1.165, 1.54) is 0 Å². The lowest BCUT2D eigenvalue weighted by atomic mass is 10.2. The summed E-state index contributed by atoms with van der Waals surface area (Å²) < 4.78 is 10.9. The Bertz CT molecular complexity index is 346. The molecule has 0 aromatic heterocycles. The molecule has 0 fully saturated rings. The van der Waals surface area contributed by atoms with E-state index >= 15 is 0 Å². The third-order valence-electron chi connectivity index (χ3n) is 2.20. The minimum Gasteiger partial charge on any atom is -0.489 e. The lowest BCUT2D eigenvalue weighted by Crippen LogP contribution is -2.17. The van der Waals surface area contributed by atoms with Gasteiger partial charge in [0.15, 0.2) is 11.5 Å². The fourth-order valence-electron chi connectivity index (χ4n) is 1.37. The van der Waals surface area contributed by atoms with Gasteiger partial charge in [-0.15, -0.1) is 0 Å². The van der Waals surface area contributed by atoms with Crippen LogP contribution in [0.4, 0.5) is 0 Å². The Labute approximate surface area is 82.6 Å². The summed E-state index contributed by atoms with van der Waals surface area (Å²) in [5.41, 5.74) is 1.12. The smallest absolute Gasteiger partial charge is 0.161 e. The summed E-state index contributed by atoms with van der Waals surface area (Å²) in [6.45, 7) is 2.80. The van der Waals surface area contributed by atoms with Gasteiger partial charge in [-0.25, -0.2) is 0 Å². The summed E-state index contributed by atoms with van der Waals surface area (Å²) in [6, 6.07) is 5.75. The van der Waals surface area contributed by atoms with Crippen molar-refractivity contribution >= 4 is 6.29 Å². The second-order valence-electron chi connectivity index (χ2n) is 3.47. The number of hydrogen-bond acceptors (Lipinski definition) is 3. The number of ether oxygens (including phenoxy) is 2. The van der Waals surface area contributed by atoms with Crippen LogP contribution in [-0.2, 0) is 4.79 Å². The Hall–Kier alpha value is -1.51. The van der Waals surface area contributed by atoms with Crippen LogP contribution in [0.15, 0.2) is 18.2 Å². The van der Waals surface area contributed by atoms with Crippen LogP contribution in [0.5, 0.6) is 11.5 Å². The number of benzene rings is 1. The Morgan fingerprint density at radius 1 is 1.29 bits per heavy atom. The van der Waals surface area contributed by atoms with Crippen LogP contribution in [0, 0.1) is 12.8 Å². The molecule has 0 radical (unpaired) electrons. The van der Waals surface area contributed by atoms with E-state index < -0.39 is 0 Å². The Balaban J connectivity index is 2.25. The van der Waals surface area contributed by atoms with Crippen LogP contribution in [0.1, 0.15) is 5.56 Å². The second kappa shape index (κ2) is 3.70. The fourth-order valence-corrected chi connectivity index (χ4v) is 1.37. The van der Waals surface area contributed by atoms with Crippen LogP contribution in [0.25, 0.3) is 0 Å². The van der Waals surface area contributed by atoms with E-state index in [2.05, 4.69) is 0 Å². The van der Waals surface area contributed by atoms with Gasteiger partial charge in [-0.1, -0.05) is 6.07 Å². The number of aryl methyl sites for hydroxylation is 1. The number of fused-ring (bicyclic) bond motifs is 1. The number of rotatable bonds is 1. The van der Waals surface area contributed by atoms with Gasteiger partial charge in [0.2, 0.25) is 0 Å². The van der Waals surface area contributed by atoms with Gasteiger partial charge >= 0.3 is 0 Å². The van der Waals surface area contributed by atoms with E-state index in [9.17, 15) is 4.79 Å². The van der Waals surface area contributed by atoms with E-state index in [1.54, 1.807) is 0 Å². The molecule has 74 valence electrons. The molecule has 0 saturated heterocycles. The Kier molecular flexibility index (Phi) is 2.39. The third-order valence-corrected chi connectivity index (χ3v) is 2.20. The molecule has 14 heavy (non-hydrogen) atoms. The molecule has 1 heterocycles.